The maximum Gasteiger partial charge on any atom is 0.332 e. The minimum Gasteiger partial charge on any atom is -0.494 e. The fraction of sp³-hybridized carbons (Fsp3) is 0.200. The molecule has 0 saturated heterocycles. The average Bonchev–Trinajstić information content (AvgIpc) is 2.81. The topological polar surface area (TPSA) is 107 Å². The molecule has 3 aromatic carbocycles. The summed E-state index contributed by atoms with van der Waals surface area (Å²) in [5, 5.41) is 10.7. The van der Waals surface area contributed by atoms with E-state index in [1.807, 2.05) is 37.3 Å². The smallest absolute Gasteiger partial charge is 0.332 e. The van der Waals surface area contributed by atoms with Gasteiger partial charge >= 0.3 is 5.97 Å². The lowest BCUT2D eigenvalue weighted by atomic mass is 10.0. The molecular formula is C25H27N3O4. The van der Waals surface area contributed by atoms with Crippen molar-refractivity contribution in [3.05, 3.63) is 89.5 Å². The van der Waals surface area contributed by atoms with Crippen molar-refractivity contribution in [3.8, 4) is 11.5 Å². The standard InChI is InChI=1S/C25H27N3O4/c1-3-31-21-13-19(14-22(15-21)32-16-17-7-5-4-6-8-17)23(25(29)30-2)28-20-11-9-18(10-12-20)24(26)27/h4-15,23,28H,3,16H2,1-2H3,(H3,26,27). The Bertz CT molecular complexity index is 1050. The van der Waals surface area contributed by atoms with Crippen molar-refractivity contribution in [2.45, 2.75) is 19.6 Å². The number of carbonyl (C=O) groups excluding carboxylic acids is 1. The van der Waals surface area contributed by atoms with Crippen LogP contribution in [0, 0.1) is 5.41 Å². The number of esters is 1. The maximum atomic E-state index is 12.6. The van der Waals surface area contributed by atoms with Crippen LogP contribution >= 0.6 is 0 Å². The summed E-state index contributed by atoms with van der Waals surface area (Å²) in [5.74, 6) is 0.696. The lowest BCUT2D eigenvalue weighted by Crippen LogP contribution is -2.22. The minimum absolute atomic E-state index is 0.0225. The van der Waals surface area contributed by atoms with Crippen LogP contribution in [0.2, 0.25) is 0 Å². The molecule has 0 heterocycles. The molecule has 3 aromatic rings. The number of anilines is 1. The van der Waals surface area contributed by atoms with Gasteiger partial charge in [0.05, 0.1) is 13.7 Å². The third-order valence-corrected chi connectivity index (χ3v) is 4.74. The van der Waals surface area contributed by atoms with Crippen molar-refractivity contribution in [1.29, 1.82) is 5.41 Å². The van der Waals surface area contributed by atoms with Gasteiger partial charge in [0.2, 0.25) is 0 Å². The molecule has 0 fully saturated rings. The lowest BCUT2D eigenvalue weighted by Gasteiger charge is -2.20. The molecule has 0 aliphatic rings. The van der Waals surface area contributed by atoms with Crippen molar-refractivity contribution in [1.82, 2.24) is 0 Å². The average molecular weight is 434 g/mol. The van der Waals surface area contributed by atoms with Crippen LogP contribution in [0.4, 0.5) is 5.69 Å². The molecule has 0 aliphatic carbocycles. The Kier molecular flexibility index (Phi) is 7.70. The summed E-state index contributed by atoms with van der Waals surface area (Å²) in [6.07, 6.45) is 0. The van der Waals surface area contributed by atoms with Gasteiger partial charge in [0.25, 0.3) is 0 Å². The van der Waals surface area contributed by atoms with Gasteiger partial charge in [-0.2, -0.15) is 0 Å². The van der Waals surface area contributed by atoms with Gasteiger partial charge in [0.15, 0.2) is 6.04 Å². The van der Waals surface area contributed by atoms with Crippen LogP contribution in [0.3, 0.4) is 0 Å². The lowest BCUT2D eigenvalue weighted by molar-refractivity contribution is -0.141. The molecule has 7 heteroatoms. The first-order valence-corrected chi connectivity index (χ1v) is 10.2. The molecule has 1 atom stereocenters. The van der Waals surface area contributed by atoms with Crippen LogP contribution in [0.25, 0.3) is 0 Å². The van der Waals surface area contributed by atoms with Crippen molar-refractivity contribution in [2.75, 3.05) is 19.0 Å². The number of hydrogen-bond donors (Lipinski definition) is 3. The highest BCUT2D eigenvalue weighted by Crippen LogP contribution is 2.30. The molecule has 7 nitrogen and oxygen atoms in total. The first-order chi connectivity index (χ1) is 15.5. The second-order valence-electron chi connectivity index (χ2n) is 7.04. The van der Waals surface area contributed by atoms with E-state index in [1.54, 1.807) is 42.5 Å². The van der Waals surface area contributed by atoms with E-state index in [1.165, 1.54) is 7.11 Å². The number of nitrogens with one attached hydrogen (secondary N) is 2. The minimum atomic E-state index is -0.789. The molecule has 0 aliphatic heterocycles. The number of carbonyl (C=O) groups is 1. The number of amidine groups is 1. The normalized spacial score (nSPS) is 11.3. The van der Waals surface area contributed by atoms with E-state index >= 15 is 0 Å². The third-order valence-electron chi connectivity index (χ3n) is 4.74. The molecule has 0 saturated carbocycles. The van der Waals surface area contributed by atoms with Gasteiger partial charge in [-0.3, -0.25) is 5.41 Å². The second kappa shape index (κ2) is 10.9. The Labute approximate surface area is 187 Å². The van der Waals surface area contributed by atoms with E-state index in [-0.39, 0.29) is 5.84 Å². The molecule has 0 amide bonds. The quantitative estimate of drug-likeness (QED) is 0.250. The number of nitrogens with two attached hydrogens (primary N) is 1. The number of nitrogen functional groups attached to an aromatic ring is 1. The Balaban J connectivity index is 1.89. The maximum absolute atomic E-state index is 12.6. The van der Waals surface area contributed by atoms with Gasteiger partial charge in [-0.1, -0.05) is 30.3 Å². The van der Waals surface area contributed by atoms with Crippen LogP contribution in [-0.2, 0) is 16.1 Å². The number of rotatable bonds is 10. The van der Waals surface area contributed by atoms with Crippen LogP contribution in [-0.4, -0.2) is 25.5 Å². The summed E-state index contributed by atoms with van der Waals surface area (Å²) >= 11 is 0. The van der Waals surface area contributed by atoms with E-state index in [2.05, 4.69) is 5.32 Å². The van der Waals surface area contributed by atoms with Crippen molar-refractivity contribution >= 4 is 17.5 Å². The Morgan fingerprint density at radius 2 is 1.66 bits per heavy atom. The fourth-order valence-electron chi connectivity index (χ4n) is 3.14. The van der Waals surface area contributed by atoms with Crippen molar-refractivity contribution in [3.63, 3.8) is 0 Å². The highest BCUT2D eigenvalue weighted by atomic mass is 16.5. The SMILES string of the molecule is CCOc1cc(OCc2ccccc2)cc(C(Nc2ccc(C(=N)N)cc2)C(=O)OC)c1. The summed E-state index contributed by atoms with van der Waals surface area (Å²) in [6.45, 7) is 2.76. The zero-order valence-corrected chi connectivity index (χ0v) is 18.1. The van der Waals surface area contributed by atoms with Crippen LogP contribution in [0.1, 0.15) is 29.7 Å². The van der Waals surface area contributed by atoms with E-state index < -0.39 is 12.0 Å². The van der Waals surface area contributed by atoms with Gasteiger partial charge in [-0.15, -0.1) is 0 Å². The number of benzene rings is 3. The van der Waals surface area contributed by atoms with E-state index in [0.29, 0.717) is 41.5 Å². The predicted octanol–water partition coefficient (Wildman–Crippen LogP) is 4.27. The Morgan fingerprint density at radius 1 is 1.00 bits per heavy atom. The molecule has 0 bridgehead atoms. The number of ether oxygens (including phenoxy) is 3. The first kappa shape index (κ1) is 22.7. The summed E-state index contributed by atoms with van der Waals surface area (Å²) < 4.78 is 16.7. The third kappa shape index (κ3) is 6.01. The van der Waals surface area contributed by atoms with Crippen molar-refractivity contribution in [2.24, 2.45) is 5.73 Å². The van der Waals surface area contributed by atoms with E-state index in [0.717, 1.165) is 5.56 Å². The predicted molar refractivity (Wildman–Crippen MR) is 124 cm³/mol. The molecule has 3 rings (SSSR count). The van der Waals surface area contributed by atoms with E-state index in [9.17, 15) is 4.79 Å². The zero-order valence-electron chi connectivity index (χ0n) is 18.1. The molecule has 32 heavy (non-hydrogen) atoms. The Morgan fingerprint density at radius 3 is 2.25 bits per heavy atom. The largest absolute Gasteiger partial charge is 0.494 e. The molecule has 4 N–H and O–H groups in total. The van der Waals surface area contributed by atoms with Crippen LogP contribution < -0.4 is 20.5 Å². The molecule has 0 radical (unpaired) electrons. The number of hydrogen-bond acceptors (Lipinski definition) is 6. The fourth-order valence-corrected chi connectivity index (χ4v) is 3.14. The van der Waals surface area contributed by atoms with Crippen LogP contribution in [0.5, 0.6) is 11.5 Å². The summed E-state index contributed by atoms with van der Waals surface area (Å²) in [5.41, 5.74) is 8.47. The molecular weight excluding hydrogens is 406 g/mol. The van der Waals surface area contributed by atoms with Gasteiger partial charge in [0, 0.05) is 17.3 Å². The highest BCUT2D eigenvalue weighted by molar-refractivity contribution is 5.95. The van der Waals surface area contributed by atoms with E-state index in [4.69, 9.17) is 25.4 Å². The first-order valence-electron chi connectivity index (χ1n) is 10.2. The Hall–Kier alpha value is -4.00. The summed E-state index contributed by atoms with van der Waals surface area (Å²) in [7, 11) is 1.34. The van der Waals surface area contributed by atoms with Crippen molar-refractivity contribution < 1.29 is 19.0 Å². The molecule has 0 spiro atoms. The molecule has 0 aromatic heterocycles. The van der Waals surface area contributed by atoms with Gasteiger partial charge < -0.3 is 25.3 Å². The molecule has 1 unspecified atom stereocenters. The number of methoxy groups -OCH3 is 1. The zero-order chi connectivity index (χ0) is 22.9. The van der Waals surface area contributed by atoms with Gasteiger partial charge in [0.1, 0.15) is 23.9 Å². The molecule has 166 valence electrons. The second-order valence-corrected chi connectivity index (χ2v) is 7.04. The van der Waals surface area contributed by atoms with Crippen LogP contribution in [0.15, 0.2) is 72.8 Å². The van der Waals surface area contributed by atoms with Gasteiger partial charge in [-0.05, 0) is 54.4 Å². The monoisotopic (exact) mass is 433 g/mol. The summed E-state index contributed by atoms with van der Waals surface area (Å²) in [6, 6.07) is 21.4. The summed E-state index contributed by atoms with van der Waals surface area (Å²) in [4.78, 5) is 12.6. The van der Waals surface area contributed by atoms with Gasteiger partial charge in [-0.25, -0.2) is 4.79 Å². The highest BCUT2D eigenvalue weighted by Gasteiger charge is 2.23.